The Hall–Kier alpha value is -2.15. The van der Waals surface area contributed by atoms with Crippen LogP contribution in [0.4, 0.5) is 5.69 Å². The third-order valence-electron chi connectivity index (χ3n) is 2.15. The number of ether oxygens (including phenoxy) is 1. The number of nitro benzene ring substituents is 1. The molecule has 1 rings (SSSR count). The van der Waals surface area contributed by atoms with Crippen LogP contribution in [-0.2, 0) is 4.79 Å². The number of rotatable bonds is 5. The van der Waals surface area contributed by atoms with Crippen molar-refractivity contribution in [2.45, 2.75) is 12.5 Å². The van der Waals surface area contributed by atoms with Gasteiger partial charge in [0.25, 0.3) is 0 Å². The van der Waals surface area contributed by atoms with E-state index in [1.54, 1.807) is 0 Å². The summed E-state index contributed by atoms with van der Waals surface area (Å²) < 4.78 is 4.78. The number of benzene rings is 1. The zero-order valence-corrected chi connectivity index (χ0v) is 8.99. The molecule has 0 saturated heterocycles. The highest BCUT2D eigenvalue weighted by atomic mass is 16.6. The lowest BCUT2D eigenvalue weighted by Gasteiger charge is -2.09. The molecule has 1 aromatic carbocycles. The second-order valence-electron chi connectivity index (χ2n) is 3.30. The fourth-order valence-electron chi connectivity index (χ4n) is 1.34. The number of aliphatic hydroxyl groups excluding tert-OH is 1. The topological polar surface area (TPSA) is 110 Å². The molecule has 0 radical (unpaired) electrons. The molecule has 1 unspecified atom stereocenters. The van der Waals surface area contributed by atoms with Gasteiger partial charge in [0.1, 0.15) is 0 Å². The van der Waals surface area contributed by atoms with Crippen LogP contribution in [0, 0.1) is 10.1 Å². The molecule has 0 aliphatic carbocycles. The summed E-state index contributed by atoms with van der Waals surface area (Å²) in [4.78, 5) is 20.5. The van der Waals surface area contributed by atoms with Crippen molar-refractivity contribution in [1.29, 1.82) is 0 Å². The molecular weight excluding hydrogens is 230 g/mol. The summed E-state index contributed by atoms with van der Waals surface area (Å²) in [5.41, 5.74) is -0.144. The number of hydrogen-bond acceptors (Lipinski definition) is 5. The largest absolute Gasteiger partial charge is 0.490 e. The molecule has 0 aliphatic heterocycles. The van der Waals surface area contributed by atoms with E-state index in [2.05, 4.69) is 0 Å². The maximum Gasteiger partial charge on any atom is 0.311 e. The number of nitrogens with zero attached hydrogens (tertiary/aromatic N) is 1. The van der Waals surface area contributed by atoms with Crippen LogP contribution in [0.1, 0.15) is 18.1 Å². The van der Waals surface area contributed by atoms with Gasteiger partial charge >= 0.3 is 11.7 Å². The van der Waals surface area contributed by atoms with Crippen molar-refractivity contribution in [2.75, 3.05) is 7.11 Å². The fraction of sp³-hybridized carbons (Fsp3) is 0.300. The van der Waals surface area contributed by atoms with E-state index in [4.69, 9.17) is 9.84 Å². The van der Waals surface area contributed by atoms with E-state index in [-0.39, 0.29) is 17.0 Å². The molecule has 2 N–H and O–H groups in total. The first-order chi connectivity index (χ1) is 7.95. The van der Waals surface area contributed by atoms with E-state index < -0.39 is 23.4 Å². The Balaban J connectivity index is 3.07. The number of methoxy groups -OCH3 is 1. The van der Waals surface area contributed by atoms with E-state index in [1.807, 2.05) is 0 Å². The van der Waals surface area contributed by atoms with Crippen molar-refractivity contribution in [3.05, 3.63) is 33.9 Å². The van der Waals surface area contributed by atoms with Gasteiger partial charge in [-0.25, -0.2) is 0 Å². The predicted molar refractivity (Wildman–Crippen MR) is 56.9 cm³/mol. The normalized spacial score (nSPS) is 11.9. The second kappa shape index (κ2) is 5.26. The quantitative estimate of drug-likeness (QED) is 0.590. The lowest BCUT2D eigenvalue weighted by molar-refractivity contribution is -0.385. The summed E-state index contributed by atoms with van der Waals surface area (Å²) in [6.45, 7) is 0. The first kappa shape index (κ1) is 12.9. The van der Waals surface area contributed by atoms with Crippen LogP contribution in [0.3, 0.4) is 0 Å². The zero-order valence-electron chi connectivity index (χ0n) is 8.99. The Bertz CT molecular complexity index is 444. The average molecular weight is 241 g/mol. The molecule has 0 spiro atoms. The Kier molecular flexibility index (Phi) is 4.00. The van der Waals surface area contributed by atoms with E-state index in [1.165, 1.54) is 19.2 Å². The zero-order chi connectivity index (χ0) is 13.0. The van der Waals surface area contributed by atoms with Gasteiger partial charge < -0.3 is 14.9 Å². The van der Waals surface area contributed by atoms with Gasteiger partial charge in [0.2, 0.25) is 0 Å². The molecule has 0 saturated carbocycles. The number of aliphatic carboxylic acids is 1. The van der Waals surface area contributed by atoms with Gasteiger partial charge in [0, 0.05) is 6.07 Å². The molecule has 0 aliphatic rings. The van der Waals surface area contributed by atoms with Crippen LogP contribution < -0.4 is 4.74 Å². The molecule has 0 heterocycles. The van der Waals surface area contributed by atoms with Crippen LogP contribution in [0.15, 0.2) is 18.2 Å². The summed E-state index contributed by atoms with van der Waals surface area (Å²) in [5.74, 6) is -1.13. The van der Waals surface area contributed by atoms with Crippen LogP contribution in [0.5, 0.6) is 5.75 Å². The van der Waals surface area contributed by atoms with Crippen molar-refractivity contribution >= 4 is 11.7 Å². The highest BCUT2D eigenvalue weighted by Crippen LogP contribution is 2.30. The summed E-state index contributed by atoms with van der Waals surface area (Å²) in [5, 5.41) is 28.7. The van der Waals surface area contributed by atoms with Crippen LogP contribution in [-0.4, -0.2) is 28.2 Å². The first-order valence-electron chi connectivity index (χ1n) is 4.68. The Morgan fingerprint density at radius 3 is 2.71 bits per heavy atom. The van der Waals surface area contributed by atoms with E-state index in [9.17, 15) is 20.0 Å². The Labute approximate surface area is 96.4 Å². The molecule has 1 atom stereocenters. The number of carbonyl (C=O) groups is 1. The van der Waals surface area contributed by atoms with E-state index in [0.717, 1.165) is 6.07 Å². The van der Waals surface area contributed by atoms with Gasteiger partial charge in [-0.15, -0.1) is 0 Å². The van der Waals surface area contributed by atoms with Crippen molar-refractivity contribution in [1.82, 2.24) is 0 Å². The summed E-state index contributed by atoms with van der Waals surface area (Å²) in [7, 11) is 1.29. The number of aliphatic hydroxyl groups is 1. The van der Waals surface area contributed by atoms with Crippen LogP contribution >= 0.6 is 0 Å². The third-order valence-corrected chi connectivity index (χ3v) is 2.15. The molecule has 0 fully saturated rings. The third kappa shape index (κ3) is 3.15. The van der Waals surface area contributed by atoms with Gasteiger partial charge in [-0.2, -0.15) is 0 Å². The minimum Gasteiger partial charge on any atom is -0.490 e. The molecule has 17 heavy (non-hydrogen) atoms. The standard InChI is InChI=1S/C10H11NO6/c1-17-9-3-2-6(4-7(9)11(15)16)8(12)5-10(13)14/h2-4,8,12H,5H2,1H3,(H,13,14). The van der Waals surface area contributed by atoms with Gasteiger partial charge in [0.15, 0.2) is 5.75 Å². The highest BCUT2D eigenvalue weighted by Gasteiger charge is 2.19. The molecule has 0 amide bonds. The number of hydrogen-bond donors (Lipinski definition) is 2. The summed E-state index contributed by atoms with van der Waals surface area (Å²) in [6.07, 6.45) is -1.79. The van der Waals surface area contributed by atoms with Crippen LogP contribution in [0.2, 0.25) is 0 Å². The van der Waals surface area contributed by atoms with E-state index >= 15 is 0 Å². The molecular formula is C10H11NO6. The van der Waals surface area contributed by atoms with Crippen molar-refractivity contribution in [2.24, 2.45) is 0 Å². The monoisotopic (exact) mass is 241 g/mol. The first-order valence-corrected chi connectivity index (χ1v) is 4.68. The lowest BCUT2D eigenvalue weighted by atomic mass is 10.1. The molecule has 7 nitrogen and oxygen atoms in total. The molecule has 92 valence electrons. The minimum atomic E-state index is -1.28. The van der Waals surface area contributed by atoms with Crippen molar-refractivity contribution in [3.8, 4) is 5.75 Å². The maximum atomic E-state index is 10.7. The van der Waals surface area contributed by atoms with Gasteiger partial charge in [-0.1, -0.05) is 6.07 Å². The number of carboxylic acid groups (broad SMARTS) is 1. The number of carboxylic acids is 1. The minimum absolute atomic E-state index is 0.0567. The van der Waals surface area contributed by atoms with Crippen molar-refractivity contribution < 1.29 is 24.7 Å². The van der Waals surface area contributed by atoms with Crippen LogP contribution in [0.25, 0.3) is 0 Å². The summed E-state index contributed by atoms with van der Waals surface area (Å²) >= 11 is 0. The molecule has 7 heteroatoms. The predicted octanol–water partition coefficient (Wildman–Crippen LogP) is 1.11. The Morgan fingerprint density at radius 2 is 2.24 bits per heavy atom. The molecule has 0 bridgehead atoms. The molecule has 0 aromatic heterocycles. The van der Waals surface area contributed by atoms with Gasteiger partial charge in [-0.3, -0.25) is 14.9 Å². The number of nitro groups is 1. The van der Waals surface area contributed by atoms with E-state index in [0.29, 0.717) is 0 Å². The average Bonchev–Trinajstić information content (AvgIpc) is 2.27. The van der Waals surface area contributed by atoms with Gasteiger partial charge in [0.05, 0.1) is 24.6 Å². The smallest absolute Gasteiger partial charge is 0.311 e. The highest BCUT2D eigenvalue weighted by molar-refractivity contribution is 5.67. The van der Waals surface area contributed by atoms with Crippen molar-refractivity contribution in [3.63, 3.8) is 0 Å². The molecule has 1 aromatic rings. The fourth-order valence-corrected chi connectivity index (χ4v) is 1.34. The second-order valence-corrected chi connectivity index (χ2v) is 3.30. The maximum absolute atomic E-state index is 10.7. The Morgan fingerprint density at radius 1 is 1.59 bits per heavy atom. The lowest BCUT2D eigenvalue weighted by Crippen LogP contribution is -2.06. The van der Waals surface area contributed by atoms with Gasteiger partial charge in [-0.05, 0) is 11.6 Å². The SMILES string of the molecule is COc1ccc(C(O)CC(=O)O)cc1[N+](=O)[O-]. The summed E-state index contributed by atoms with van der Waals surface area (Å²) in [6, 6.07) is 3.81.